The monoisotopic (exact) mass is 189 g/mol. The molecule has 1 aliphatic carbocycles. The number of fused-ring (bicyclic) bond motifs is 1. The van der Waals surface area contributed by atoms with Crippen molar-refractivity contribution in [3.8, 4) is 0 Å². The van der Waals surface area contributed by atoms with Crippen molar-refractivity contribution in [2.24, 2.45) is 5.73 Å². The van der Waals surface area contributed by atoms with Crippen molar-refractivity contribution < 1.29 is 0 Å². The summed E-state index contributed by atoms with van der Waals surface area (Å²) in [5.41, 5.74) is 10.4. The lowest BCUT2D eigenvalue weighted by atomic mass is 9.86. The van der Waals surface area contributed by atoms with Gasteiger partial charge in [-0.15, -0.1) is 0 Å². The third kappa shape index (κ3) is 1.83. The molecular weight excluding hydrogens is 170 g/mol. The summed E-state index contributed by atoms with van der Waals surface area (Å²) < 4.78 is 0. The predicted molar refractivity (Wildman–Crippen MR) is 60.3 cm³/mol. The van der Waals surface area contributed by atoms with E-state index in [0.29, 0.717) is 0 Å². The van der Waals surface area contributed by atoms with Gasteiger partial charge in [0.1, 0.15) is 0 Å². The second-order valence-electron chi connectivity index (χ2n) is 4.28. The van der Waals surface area contributed by atoms with Crippen LogP contribution in [0.15, 0.2) is 18.2 Å². The van der Waals surface area contributed by atoms with Gasteiger partial charge in [0.05, 0.1) is 0 Å². The van der Waals surface area contributed by atoms with Crippen molar-refractivity contribution in [2.75, 3.05) is 0 Å². The lowest BCUT2D eigenvalue weighted by Gasteiger charge is -2.22. The van der Waals surface area contributed by atoms with Gasteiger partial charge in [-0.05, 0) is 42.4 Å². The molecule has 1 aromatic rings. The van der Waals surface area contributed by atoms with Gasteiger partial charge in [0.15, 0.2) is 0 Å². The van der Waals surface area contributed by atoms with Crippen molar-refractivity contribution in [2.45, 2.75) is 45.1 Å². The Kier molecular flexibility index (Phi) is 2.87. The second kappa shape index (κ2) is 4.14. The average Bonchev–Trinajstić information content (AvgIpc) is 2.20. The number of hydrogen-bond acceptors (Lipinski definition) is 1. The van der Waals surface area contributed by atoms with Crippen LogP contribution in [0.25, 0.3) is 0 Å². The Labute approximate surface area is 86.3 Å². The van der Waals surface area contributed by atoms with Gasteiger partial charge < -0.3 is 5.73 Å². The van der Waals surface area contributed by atoms with E-state index in [1.54, 1.807) is 0 Å². The van der Waals surface area contributed by atoms with Crippen molar-refractivity contribution in [3.05, 3.63) is 34.9 Å². The molecule has 0 amide bonds. The molecule has 1 aromatic carbocycles. The molecule has 1 heteroatoms. The van der Waals surface area contributed by atoms with E-state index in [1.165, 1.54) is 42.4 Å². The molecule has 0 saturated carbocycles. The van der Waals surface area contributed by atoms with Gasteiger partial charge in [-0.2, -0.15) is 0 Å². The van der Waals surface area contributed by atoms with Gasteiger partial charge in [-0.1, -0.05) is 31.5 Å². The van der Waals surface area contributed by atoms with Crippen LogP contribution >= 0.6 is 0 Å². The van der Waals surface area contributed by atoms with Crippen molar-refractivity contribution in [1.29, 1.82) is 0 Å². The van der Waals surface area contributed by atoms with E-state index >= 15 is 0 Å². The summed E-state index contributed by atoms with van der Waals surface area (Å²) in [4.78, 5) is 0. The van der Waals surface area contributed by atoms with E-state index in [1.807, 2.05) is 0 Å². The Morgan fingerprint density at radius 3 is 3.07 bits per heavy atom. The number of aryl methyl sites for hydroxylation is 2. The highest BCUT2D eigenvalue weighted by Crippen LogP contribution is 2.28. The first-order valence-electron chi connectivity index (χ1n) is 5.68. The Balaban J connectivity index is 2.31. The van der Waals surface area contributed by atoms with Crippen molar-refractivity contribution in [1.82, 2.24) is 0 Å². The van der Waals surface area contributed by atoms with E-state index in [0.717, 1.165) is 6.42 Å². The van der Waals surface area contributed by atoms with Gasteiger partial charge in [-0.25, -0.2) is 0 Å². The molecule has 14 heavy (non-hydrogen) atoms. The van der Waals surface area contributed by atoms with Gasteiger partial charge in [0.25, 0.3) is 0 Å². The highest BCUT2D eigenvalue weighted by Gasteiger charge is 2.16. The van der Waals surface area contributed by atoms with Gasteiger partial charge in [0.2, 0.25) is 0 Å². The SMILES string of the molecule is CCCc1ccc2c(c1)[C@H](N)CCC2. The second-order valence-corrected chi connectivity index (χ2v) is 4.28. The van der Waals surface area contributed by atoms with Crippen LogP contribution in [0.2, 0.25) is 0 Å². The van der Waals surface area contributed by atoms with Crippen LogP contribution in [0.1, 0.15) is 48.9 Å². The molecular formula is C13H19N. The van der Waals surface area contributed by atoms with Crippen LogP contribution in [-0.2, 0) is 12.8 Å². The largest absolute Gasteiger partial charge is 0.324 e. The standard InChI is InChI=1S/C13H19N/c1-2-4-10-7-8-11-5-3-6-13(14)12(11)9-10/h7-9,13H,2-6,14H2,1H3/t13-/m1/s1. The lowest BCUT2D eigenvalue weighted by molar-refractivity contribution is 0.569. The minimum absolute atomic E-state index is 0.288. The zero-order valence-corrected chi connectivity index (χ0v) is 8.92. The molecule has 0 bridgehead atoms. The fourth-order valence-electron chi connectivity index (χ4n) is 2.33. The van der Waals surface area contributed by atoms with Gasteiger partial charge in [0, 0.05) is 6.04 Å². The molecule has 2 rings (SSSR count). The van der Waals surface area contributed by atoms with Crippen LogP contribution in [0, 0.1) is 0 Å². The lowest BCUT2D eigenvalue weighted by Crippen LogP contribution is -2.17. The van der Waals surface area contributed by atoms with E-state index in [2.05, 4.69) is 25.1 Å². The van der Waals surface area contributed by atoms with E-state index in [9.17, 15) is 0 Å². The maximum absolute atomic E-state index is 6.11. The van der Waals surface area contributed by atoms with Gasteiger partial charge >= 0.3 is 0 Å². The van der Waals surface area contributed by atoms with E-state index in [-0.39, 0.29) is 6.04 Å². The molecule has 0 saturated heterocycles. The molecule has 0 heterocycles. The Morgan fingerprint density at radius 2 is 2.29 bits per heavy atom. The summed E-state index contributed by atoms with van der Waals surface area (Å²) >= 11 is 0. The zero-order chi connectivity index (χ0) is 9.97. The molecule has 0 radical (unpaired) electrons. The average molecular weight is 189 g/mol. The maximum Gasteiger partial charge on any atom is 0.0297 e. The first-order chi connectivity index (χ1) is 6.81. The smallest absolute Gasteiger partial charge is 0.0297 e. The number of nitrogens with two attached hydrogens (primary N) is 1. The molecule has 1 aliphatic rings. The Bertz CT molecular complexity index is 317. The minimum Gasteiger partial charge on any atom is -0.324 e. The number of hydrogen-bond donors (Lipinski definition) is 1. The van der Waals surface area contributed by atoms with Crippen LogP contribution in [0.5, 0.6) is 0 Å². The van der Waals surface area contributed by atoms with Crippen LogP contribution < -0.4 is 5.73 Å². The molecule has 0 aromatic heterocycles. The molecule has 0 unspecified atom stereocenters. The summed E-state index contributed by atoms with van der Waals surface area (Å²) in [5, 5.41) is 0. The first-order valence-corrected chi connectivity index (χ1v) is 5.68. The molecule has 76 valence electrons. The topological polar surface area (TPSA) is 26.0 Å². The highest BCUT2D eigenvalue weighted by molar-refractivity contribution is 5.36. The third-order valence-electron chi connectivity index (χ3n) is 3.11. The first kappa shape index (κ1) is 9.72. The molecule has 2 N–H and O–H groups in total. The summed E-state index contributed by atoms with van der Waals surface area (Å²) in [7, 11) is 0. The molecule has 1 atom stereocenters. The van der Waals surface area contributed by atoms with Crippen LogP contribution in [0.4, 0.5) is 0 Å². The molecule has 0 spiro atoms. The summed E-state index contributed by atoms with van der Waals surface area (Å²) in [6.45, 7) is 2.22. The third-order valence-corrected chi connectivity index (χ3v) is 3.11. The fourth-order valence-corrected chi connectivity index (χ4v) is 2.33. The maximum atomic E-state index is 6.11. The fraction of sp³-hybridized carbons (Fsp3) is 0.538. The summed E-state index contributed by atoms with van der Waals surface area (Å²) in [5.74, 6) is 0. The van der Waals surface area contributed by atoms with Crippen LogP contribution in [0.3, 0.4) is 0 Å². The summed E-state index contributed by atoms with van der Waals surface area (Å²) in [6.07, 6.45) is 6.02. The van der Waals surface area contributed by atoms with Crippen LogP contribution in [-0.4, -0.2) is 0 Å². The predicted octanol–water partition coefficient (Wildman–Crippen LogP) is 2.98. The molecule has 0 fully saturated rings. The Hall–Kier alpha value is -0.820. The van der Waals surface area contributed by atoms with Gasteiger partial charge in [-0.3, -0.25) is 0 Å². The normalized spacial score (nSPS) is 20.6. The van der Waals surface area contributed by atoms with E-state index < -0.39 is 0 Å². The van der Waals surface area contributed by atoms with Crippen molar-refractivity contribution >= 4 is 0 Å². The molecule has 0 aliphatic heterocycles. The highest BCUT2D eigenvalue weighted by atomic mass is 14.6. The van der Waals surface area contributed by atoms with E-state index in [4.69, 9.17) is 5.73 Å². The quantitative estimate of drug-likeness (QED) is 0.760. The molecule has 1 nitrogen and oxygen atoms in total. The Morgan fingerprint density at radius 1 is 1.43 bits per heavy atom. The number of rotatable bonds is 2. The minimum atomic E-state index is 0.288. The zero-order valence-electron chi connectivity index (χ0n) is 8.92. The van der Waals surface area contributed by atoms with Crippen molar-refractivity contribution in [3.63, 3.8) is 0 Å². The summed E-state index contributed by atoms with van der Waals surface area (Å²) in [6, 6.07) is 7.15. The number of benzene rings is 1.